The third-order valence-corrected chi connectivity index (χ3v) is 3.34. The summed E-state index contributed by atoms with van der Waals surface area (Å²) in [5.74, 6) is 0. The van der Waals surface area contributed by atoms with Crippen LogP contribution >= 0.6 is 0 Å². The second kappa shape index (κ2) is 5.31. The second-order valence-electron chi connectivity index (χ2n) is 4.66. The van der Waals surface area contributed by atoms with Crippen molar-refractivity contribution in [3.63, 3.8) is 0 Å². The summed E-state index contributed by atoms with van der Waals surface area (Å²) in [7, 11) is 0. The maximum absolute atomic E-state index is 5.75. The smallest absolute Gasteiger partial charge is 0.0886 e. The van der Waals surface area contributed by atoms with Gasteiger partial charge in [0.15, 0.2) is 0 Å². The highest BCUT2D eigenvalue weighted by Crippen LogP contribution is 2.20. The van der Waals surface area contributed by atoms with Crippen molar-refractivity contribution in [2.24, 2.45) is 0 Å². The molecule has 0 aliphatic carbocycles. The molecule has 1 aliphatic rings. The first kappa shape index (κ1) is 11.4. The molecule has 0 spiro atoms. The standard InChI is InChI=1S/C14H17N3O/c1-2-6-12(7-3-1)14-10-15-16-17(14)11-13-8-4-5-9-18-13/h1-3,6-7,10,13H,4-5,8-9,11H2. The van der Waals surface area contributed by atoms with E-state index in [1.807, 2.05) is 29.1 Å². The fourth-order valence-corrected chi connectivity index (χ4v) is 2.37. The molecule has 1 unspecified atom stereocenters. The largest absolute Gasteiger partial charge is 0.376 e. The zero-order valence-corrected chi connectivity index (χ0v) is 10.3. The van der Waals surface area contributed by atoms with Crippen LogP contribution in [-0.2, 0) is 11.3 Å². The van der Waals surface area contributed by atoms with Crippen LogP contribution in [-0.4, -0.2) is 27.7 Å². The molecule has 4 heteroatoms. The summed E-state index contributed by atoms with van der Waals surface area (Å²) in [5, 5.41) is 8.19. The van der Waals surface area contributed by atoms with Crippen molar-refractivity contribution in [2.75, 3.05) is 6.61 Å². The van der Waals surface area contributed by atoms with Gasteiger partial charge in [-0.15, -0.1) is 5.10 Å². The van der Waals surface area contributed by atoms with Gasteiger partial charge in [-0.2, -0.15) is 0 Å². The minimum atomic E-state index is 0.280. The molecular weight excluding hydrogens is 226 g/mol. The van der Waals surface area contributed by atoms with Crippen molar-refractivity contribution in [3.05, 3.63) is 36.5 Å². The van der Waals surface area contributed by atoms with E-state index in [1.165, 1.54) is 12.8 Å². The average Bonchev–Trinajstić information content (AvgIpc) is 2.89. The number of aromatic nitrogens is 3. The quantitative estimate of drug-likeness (QED) is 0.831. The molecule has 0 amide bonds. The predicted octanol–water partition coefficient (Wildman–Crippen LogP) is 2.51. The van der Waals surface area contributed by atoms with E-state index in [1.54, 1.807) is 0 Å². The lowest BCUT2D eigenvalue weighted by molar-refractivity contribution is 0.00399. The normalized spacial score (nSPS) is 19.9. The van der Waals surface area contributed by atoms with E-state index in [4.69, 9.17) is 4.74 Å². The van der Waals surface area contributed by atoms with Crippen molar-refractivity contribution >= 4 is 0 Å². The lowest BCUT2D eigenvalue weighted by Gasteiger charge is -2.22. The number of hydrogen-bond donors (Lipinski definition) is 0. The SMILES string of the molecule is c1ccc(-c2cnnn2CC2CCCCO2)cc1. The fourth-order valence-electron chi connectivity index (χ4n) is 2.37. The highest BCUT2D eigenvalue weighted by atomic mass is 16.5. The van der Waals surface area contributed by atoms with E-state index in [2.05, 4.69) is 22.4 Å². The van der Waals surface area contributed by atoms with Crippen LogP contribution < -0.4 is 0 Å². The van der Waals surface area contributed by atoms with Crippen LogP contribution in [0.4, 0.5) is 0 Å². The molecule has 1 aromatic heterocycles. The van der Waals surface area contributed by atoms with Gasteiger partial charge in [-0.3, -0.25) is 0 Å². The molecule has 2 aromatic rings. The van der Waals surface area contributed by atoms with E-state index >= 15 is 0 Å². The zero-order valence-electron chi connectivity index (χ0n) is 10.3. The summed E-state index contributed by atoms with van der Waals surface area (Å²) < 4.78 is 7.70. The Morgan fingerprint density at radius 3 is 2.89 bits per heavy atom. The molecule has 18 heavy (non-hydrogen) atoms. The van der Waals surface area contributed by atoms with Crippen molar-refractivity contribution in [1.29, 1.82) is 0 Å². The van der Waals surface area contributed by atoms with Crippen LogP contribution in [0.15, 0.2) is 36.5 Å². The van der Waals surface area contributed by atoms with E-state index in [0.29, 0.717) is 0 Å². The zero-order chi connectivity index (χ0) is 12.2. The Kier molecular flexibility index (Phi) is 3.37. The monoisotopic (exact) mass is 243 g/mol. The third-order valence-electron chi connectivity index (χ3n) is 3.34. The Morgan fingerprint density at radius 1 is 1.22 bits per heavy atom. The number of nitrogens with zero attached hydrogens (tertiary/aromatic N) is 3. The summed E-state index contributed by atoms with van der Waals surface area (Å²) in [6, 6.07) is 10.2. The van der Waals surface area contributed by atoms with Gasteiger partial charge in [-0.05, 0) is 19.3 Å². The van der Waals surface area contributed by atoms with Crippen molar-refractivity contribution < 1.29 is 4.74 Å². The number of benzene rings is 1. The number of ether oxygens (including phenoxy) is 1. The molecule has 94 valence electrons. The molecule has 1 aliphatic heterocycles. The molecule has 3 rings (SSSR count). The van der Waals surface area contributed by atoms with E-state index in [9.17, 15) is 0 Å². The molecule has 4 nitrogen and oxygen atoms in total. The van der Waals surface area contributed by atoms with Crippen molar-refractivity contribution in [3.8, 4) is 11.3 Å². The van der Waals surface area contributed by atoms with Crippen LogP contribution in [0.25, 0.3) is 11.3 Å². The first-order valence-corrected chi connectivity index (χ1v) is 6.49. The molecule has 1 aromatic carbocycles. The van der Waals surface area contributed by atoms with Crippen LogP contribution in [0.2, 0.25) is 0 Å². The topological polar surface area (TPSA) is 39.9 Å². The average molecular weight is 243 g/mol. The number of hydrogen-bond acceptors (Lipinski definition) is 3. The maximum atomic E-state index is 5.75. The molecule has 1 saturated heterocycles. The molecular formula is C14H17N3O. The van der Waals surface area contributed by atoms with Gasteiger partial charge in [0.05, 0.1) is 24.5 Å². The summed E-state index contributed by atoms with van der Waals surface area (Å²) in [5.41, 5.74) is 2.21. The Labute approximate surface area is 107 Å². The van der Waals surface area contributed by atoms with E-state index in [-0.39, 0.29) is 6.10 Å². The molecule has 1 atom stereocenters. The van der Waals surface area contributed by atoms with Gasteiger partial charge in [0.25, 0.3) is 0 Å². The van der Waals surface area contributed by atoms with Gasteiger partial charge in [0.2, 0.25) is 0 Å². The lowest BCUT2D eigenvalue weighted by Crippen LogP contribution is -2.25. The highest BCUT2D eigenvalue weighted by Gasteiger charge is 2.16. The van der Waals surface area contributed by atoms with Crippen molar-refractivity contribution in [2.45, 2.75) is 31.9 Å². The highest BCUT2D eigenvalue weighted by molar-refractivity contribution is 5.57. The molecule has 1 fully saturated rings. The Hall–Kier alpha value is -1.68. The van der Waals surface area contributed by atoms with Gasteiger partial charge < -0.3 is 4.74 Å². The minimum absolute atomic E-state index is 0.280. The first-order valence-electron chi connectivity index (χ1n) is 6.49. The molecule has 2 heterocycles. The summed E-state index contributed by atoms with van der Waals surface area (Å²) in [6.07, 6.45) is 5.65. The van der Waals surface area contributed by atoms with Gasteiger partial charge in [-0.1, -0.05) is 35.5 Å². The fraction of sp³-hybridized carbons (Fsp3) is 0.429. The van der Waals surface area contributed by atoms with Gasteiger partial charge in [0.1, 0.15) is 0 Å². The summed E-state index contributed by atoms with van der Waals surface area (Å²) in [6.45, 7) is 1.67. The third kappa shape index (κ3) is 2.43. The Bertz CT molecular complexity index is 489. The van der Waals surface area contributed by atoms with Crippen LogP contribution in [0.3, 0.4) is 0 Å². The van der Waals surface area contributed by atoms with Gasteiger partial charge in [0, 0.05) is 12.2 Å². The minimum Gasteiger partial charge on any atom is -0.376 e. The van der Waals surface area contributed by atoms with E-state index < -0.39 is 0 Å². The van der Waals surface area contributed by atoms with Crippen molar-refractivity contribution in [1.82, 2.24) is 15.0 Å². The summed E-state index contributed by atoms with van der Waals surface area (Å²) >= 11 is 0. The van der Waals surface area contributed by atoms with Crippen LogP contribution in [0.1, 0.15) is 19.3 Å². The maximum Gasteiger partial charge on any atom is 0.0886 e. The second-order valence-corrected chi connectivity index (χ2v) is 4.66. The van der Waals surface area contributed by atoms with Crippen LogP contribution in [0.5, 0.6) is 0 Å². The van der Waals surface area contributed by atoms with E-state index in [0.717, 1.165) is 30.8 Å². The summed E-state index contributed by atoms with van der Waals surface area (Å²) in [4.78, 5) is 0. The first-order chi connectivity index (χ1) is 8.93. The van der Waals surface area contributed by atoms with Gasteiger partial charge in [-0.25, -0.2) is 4.68 Å². The van der Waals surface area contributed by atoms with Crippen LogP contribution in [0, 0.1) is 0 Å². The molecule has 0 saturated carbocycles. The molecule has 0 bridgehead atoms. The molecule has 0 radical (unpaired) electrons. The van der Waals surface area contributed by atoms with Gasteiger partial charge >= 0.3 is 0 Å². The number of rotatable bonds is 3. The molecule has 0 N–H and O–H groups in total. The predicted molar refractivity (Wildman–Crippen MR) is 69.0 cm³/mol. The Morgan fingerprint density at radius 2 is 2.11 bits per heavy atom. The lowest BCUT2D eigenvalue weighted by atomic mass is 10.1. The Balaban J connectivity index is 1.79.